The number of para-hydroxylation sites is 1. The molecule has 236 valence electrons. The van der Waals surface area contributed by atoms with E-state index in [1.807, 2.05) is 6.07 Å². The molecule has 1 aromatic carbocycles. The number of benzene rings is 1. The Balaban J connectivity index is 1.16. The lowest BCUT2D eigenvalue weighted by Gasteiger charge is -2.46. The van der Waals surface area contributed by atoms with Gasteiger partial charge in [-0.3, -0.25) is 30.1 Å². The van der Waals surface area contributed by atoms with Crippen LogP contribution in [0.1, 0.15) is 61.9 Å². The van der Waals surface area contributed by atoms with Crippen molar-refractivity contribution in [1.29, 1.82) is 0 Å². The van der Waals surface area contributed by atoms with E-state index in [9.17, 15) is 24.6 Å². The van der Waals surface area contributed by atoms with Crippen LogP contribution in [0, 0.1) is 0 Å². The first kappa shape index (κ1) is 28.6. The Morgan fingerprint density at radius 2 is 1.98 bits per heavy atom. The molecular weight excluding hydrogens is 570 g/mol. The van der Waals surface area contributed by atoms with Crippen LogP contribution < -0.4 is 31.8 Å². The van der Waals surface area contributed by atoms with Crippen molar-refractivity contribution >= 4 is 29.8 Å². The average molecular weight is 611 g/mol. The number of ether oxygens (including phenoxy) is 1. The fourth-order valence-electron chi connectivity index (χ4n) is 7.93. The number of hydrogen-bond acceptors (Lipinski definition) is 11. The molecule has 1 unspecified atom stereocenters. The maximum absolute atomic E-state index is 13.7. The molecule has 7 rings (SSSR count). The van der Waals surface area contributed by atoms with Crippen LogP contribution >= 0.6 is 0 Å². The maximum Gasteiger partial charge on any atom is 0.343 e. The number of urea groups is 1. The Bertz CT molecular complexity index is 1490. The number of nitrogens with two attached hydrogens (primary N) is 2. The van der Waals surface area contributed by atoms with E-state index in [2.05, 4.69) is 34.5 Å². The van der Waals surface area contributed by atoms with E-state index >= 15 is 0 Å². The lowest BCUT2D eigenvalue weighted by molar-refractivity contribution is -0.521. The zero-order valence-electron chi connectivity index (χ0n) is 24.9. The second kappa shape index (κ2) is 9.69. The average Bonchev–Trinajstić information content (AvgIpc) is 3.72. The van der Waals surface area contributed by atoms with Crippen LogP contribution in [0.4, 0.5) is 4.79 Å². The number of rotatable bonds is 5. The van der Waals surface area contributed by atoms with E-state index in [0.717, 1.165) is 42.6 Å². The van der Waals surface area contributed by atoms with Gasteiger partial charge in [0.2, 0.25) is 11.7 Å². The minimum absolute atomic E-state index is 0.000574. The first-order valence-electron chi connectivity index (χ1n) is 15.3. The molecule has 2 saturated heterocycles. The molecule has 15 heteroatoms. The van der Waals surface area contributed by atoms with Gasteiger partial charge in [-0.15, -0.1) is 0 Å². The van der Waals surface area contributed by atoms with Gasteiger partial charge < -0.3 is 30.9 Å². The predicted octanol–water partition coefficient (Wildman–Crippen LogP) is -3.19. The Morgan fingerprint density at radius 1 is 1.23 bits per heavy atom. The van der Waals surface area contributed by atoms with E-state index in [1.54, 1.807) is 17.0 Å². The van der Waals surface area contributed by atoms with E-state index in [0.29, 0.717) is 12.4 Å². The Hall–Kier alpha value is -4.11. The summed E-state index contributed by atoms with van der Waals surface area (Å²) in [5, 5.41) is 29.5. The van der Waals surface area contributed by atoms with E-state index in [-0.39, 0.29) is 60.5 Å². The smallest absolute Gasteiger partial charge is 0.343 e. The van der Waals surface area contributed by atoms with Crippen LogP contribution in [-0.2, 0) is 10.2 Å². The summed E-state index contributed by atoms with van der Waals surface area (Å²) >= 11 is 0. The molecule has 1 aliphatic carbocycles. The standard InChI is InChI=1S/C29H39N9O6/c1-27(2)10-11-44-21-16(8-5-9-17(21)27)23(40)33-19-13-38-25(31)32-18(22-28(38,29(19,42)43)35-24(30)34-22)12-37-20(39)14-36(26(37)41)15-6-3-4-7-15/h5,8-9,15,18-19,22,42-43H,3-4,6-7,10-14H2,1-2H3,(H2,31,32)(H,33,40)(H3,30,34,35)/p+1/t18-,19?,22-,28-/m0/s1. The summed E-state index contributed by atoms with van der Waals surface area (Å²) in [7, 11) is 0. The molecule has 0 bridgehead atoms. The fraction of sp³-hybridized carbons (Fsp3) is 0.621. The highest BCUT2D eigenvalue weighted by molar-refractivity contribution is 6.02. The van der Waals surface area contributed by atoms with Gasteiger partial charge in [-0.25, -0.2) is 15.1 Å². The van der Waals surface area contributed by atoms with E-state index in [4.69, 9.17) is 16.2 Å². The summed E-state index contributed by atoms with van der Waals surface area (Å²) in [6, 6.07) is 1.95. The summed E-state index contributed by atoms with van der Waals surface area (Å²) in [6.07, 6.45) is 4.55. The monoisotopic (exact) mass is 610 g/mol. The van der Waals surface area contributed by atoms with Gasteiger partial charge in [0.1, 0.15) is 24.4 Å². The largest absolute Gasteiger partial charge is 0.492 e. The number of fused-ring (bicyclic) bond motifs is 1. The van der Waals surface area contributed by atoms with Crippen LogP contribution in [-0.4, -0.2) is 117 Å². The SMILES string of the molecule is CC1(C)CCOc2c(C(=O)NC3CN4C(N)=N[C@@H](CN5C(=O)CN(C6CCCC6)C5=O)[C@@H]5[NH+]=C(N)N[C@@]54C3(O)O)cccc21. The van der Waals surface area contributed by atoms with Crippen LogP contribution in [0.3, 0.4) is 0 Å². The Morgan fingerprint density at radius 3 is 2.73 bits per heavy atom. The van der Waals surface area contributed by atoms with Crippen molar-refractivity contribution in [3.05, 3.63) is 29.3 Å². The zero-order chi connectivity index (χ0) is 31.2. The molecule has 15 nitrogen and oxygen atoms in total. The maximum atomic E-state index is 13.7. The molecule has 0 aromatic heterocycles. The molecule has 1 aromatic rings. The van der Waals surface area contributed by atoms with Crippen molar-refractivity contribution in [2.24, 2.45) is 16.5 Å². The summed E-state index contributed by atoms with van der Waals surface area (Å²) in [4.78, 5) is 51.9. The van der Waals surface area contributed by atoms with Gasteiger partial charge in [-0.2, -0.15) is 0 Å². The molecule has 9 N–H and O–H groups in total. The highest BCUT2D eigenvalue weighted by Crippen LogP contribution is 2.43. The molecule has 4 amide bonds. The van der Waals surface area contributed by atoms with Crippen molar-refractivity contribution in [3.63, 3.8) is 0 Å². The normalized spacial score (nSPS) is 32.0. The van der Waals surface area contributed by atoms with Crippen molar-refractivity contribution in [2.75, 3.05) is 26.2 Å². The molecular formula is C29H40N9O6+. The minimum atomic E-state index is -2.63. The van der Waals surface area contributed by atoms with Gasteiger partial charge in [0, 0.05) is 11.6 Å². The van der Waals surface area contributed by atoms with Crippen molar-refractivity contribution < 1.29 is 34.3 Å². The van der Waals surface area contributed by atoms with Gasteiger partial charge in [0.05, 0.1) is 25.3 Å². The molecule has 1 saturated carbocycles. The third-order valence-corrected chi connectivity index (χ3v) is 10.4. The topological polar surface area (TPSA) is 213 Å². The second-order valence-corrected chi connectivity index (χ2v) is 13.4. The summed E-state index contributed by atoms with van der Waals surface area (Å²) in [6.45, 7) is 4.38. The fourth-order valence-corrected chi connectivity index (χ4v) is 7.93. The predicted molar refractivity (Wildman–Crippen MR) is 156 cm³/mol. The number of amides is 4. The third-order valence-electron chi connectivity index (χ3n) is 10.4. The third kappa shape index (κ3) is 3.98. The van der Waals surface area contributed by atoms with Crippen LogP contribution in [0.2, 0.25) is 0 Å². The first-order chi connectivity index (χ1) is 20.8. The molecule has 1 spiro atoms. The summed E-state index contributed by atoms with van der Waals surface area (Å²) < 4.78 is 5.92. The molecule has 0 radical (unpaired) electrons. The molecule has 4 atom stereocenters. The quantitative estimate of drug-likeness (QED) is 0.131. The van der Waals surface area contributed by atoms with Crippen molar-refractivity contribution in [1.82, 2.24) is 25.3 Å². The van der Waals surface area contributed by atoms with Gasteiger partial charge in [-0.05, 0) is 30.7 Å². The molecule has 5 aliphatic heterocycles. The molecule has 6 aliphatic rings. The number of nitrogens with zero attached hydrogens (tertiary/aromatic N) is 4. The van der Waals surface area contributed by atoms with Crippen LogP contribution in [0.15, 0.2) is 23.2 Å². The Kier molecular flexibility index (Phi) is 6.31. The number of carbonyl (C=O) groups excluding carboxylic acids is 3. The number of carbonyl (C=O) groups is 3. The van der Waals surface area contributed by atoms with Gasteiger partial charge in [0.15, 0.2) is 12.0 Å². The number of nitrogens with one attached hydrogen (secondary N) is 3. The molecule has 5 heterocycles. The number of aliphatic imine (C=N–C) groups is 1. The van der Waals surface area contributed by atoms with Crippen molar-refractivity contribution in [2.45, 2.75) is 87.0 Å². The highest BCUT2D eigenvalue weighted by Gasteiger charge is 2.76. The van der Waals surface area contributed by atoms with Crippen molar-refractivity contribution in [3.8, 4) is 5.75 Å². The number of hydrogen-bond donors (Lipinski definition) is 7. The number of guanidine groups is 2. The minimum Gasteiger partial charge on any atom is -0.492 e. The molecule has 44 heavy (non-hydrogen) atoms. The molecule has 3 fully saturated rings. The Labute approximate surface area is 254 Å². The van der Waals surface area contributed by atoms with E-state index in [1.165, 1.54) is 4.90 Å². The van der Waals surface area contributed by atoms with Crippen LogP contribution in [0.25, 0.3) is 0 Å². The lowest BCUT2D eigenvalue weighted by atomic mass is 9.79. The number of imide groups is 1. The summed E-state index contributed by atoms with van der Waals surface area (Å²) in [5.41, 5.74) is 11.8. The highest BCUT2D eigenvalue weighted by atomic mass is 16.5. The first-order valence-corrected chi connectivity index (χ1v) is 15.3. The lowest BCUT2D eigenvalue weighted by Crippen LogP contribution is -2.90. The number of aliphatic hydroxyl groups is 2. The van der Waals surface area contributed by atoms with Gasteiger partial charge in [0.25, 0.3) is 11.6 Å². The van der Waals surface area contributed by atoms with Crippen LogP contribution in [0.5, 0.6) is 5.75 Å². The van der Waals surface area contributed by atoms with Gasteiger partial charge in [-0.1, -0.05) is 38.8 Å². The van der Waals surface area contributed by atoms with Gasteiger partial charge >= 0.3 is 12.0 Å². The second-order valence-electron chi connectivity index (χ2n) is 13.4. The summed E-state index contributed by atoms with van der Waals surface area (Å²) in [5.74, 6) is -3.06. The zero-order valence-corrected chi connectivity index (χ0v) is 24.9. The van der Waals surface area contributed by atoms with E-state index < -0.39 is 35.5 Å².